The number of halogens is 1. The number of nitrogens with zero attached hydrogens (tertiary/aromatic N) is 1. The van der Waals surface area contributed by atoms with Gasteiger partial charge in [-0.2, -0.15) is 4.57 Å². The van der Waals surface area contributed by atoms with Gasteiger partial charge in [0.2, 0.25) is 10.5 Å². The summed E-state index contributed by atoms with van der Waals surface area (Å²) in [6, 6.07) is 8.81. The molecule has 120 valence electrons. The van der Waals surface area contributed by atoms with Crippen molar-refractivity contribution in [2.45, 2.75) is 53.5 Å². The molecule has 2 aromatic rings. The number of allylic oxidation sites excluding steroid dienone is 2. The van der Waals surface area contributed by atoms with Crippen LogP contribution in [0.3, 0.4) is 0 Å². The molecular formula is C19H26INS. The van der Waals surface area contributed by atoms with Crippen LogP contribution < -0.4 is 28.5 Å². The molecule has 0 spiro atoms. The number of benzene rings is 1. The number of fused-ring (bicyclic) bond motifs is 1. The lowest BCUT2D eigenvalue weighted by Crippen LogP contribution is -3.00. The van der Waals surface area contributed by atoms with Gasteiger partial charge in [-0.05, 0) is 44.1 Å². The highest BCUT2D eigenvalue weighted by molar-refractivity contribution is 7.18. The highest BCUT2D eigenvalue weighted by Crippen LogP contribution is 2.39. The lowest BCUT2D eigenvalue weighted by molar-refractivity contribution is -0.671. The Hall–Kier alpha value is -0.420. The molecule has 0 saturated heterocycles. The molecule has 1 nitrogen and oxygen atoms in total. The topological polar surface area (TPSA) is 3.88 Å². The summed E-state index contributed by atoms with van der Waals surface area (Å²) in [6.07, 6.45) is 6.27. The summed E-state index contributed by atoms with van der Waals surface area (Å²) in [5, 5.41) is 1.53. The van der Waals surface area contributed by atoms with Gasteiger partial charge in [0, 0.05) is 12.5 Å². The van der Waals surface area contributed by atoms with Crippen molar-refractivity contribution in [2.75, 3.05) is 0 Å². The first-order chi connectivity index (χ1) is 9.98. The molecule has 1 aromatic carbocycles. The Bertz CT molecular complexity index is 684. The van der Waals surface area contributed by atoms with E-state index in [-0.39, 0.29) is 24.0 Å². The first-order valence-electron chi connectivity index (χ1n) is 8.06. The minimum absolute atomic E-state index is 0. The van der Waals surface area contributed by atoms with Gasteiger partial charge in [-0.1, -0.05) is 49.0 Å². The molecule has 0 saturated carbocycles. The van der Waals surface area contributed by atoms with Crippen LogP contribution in [0.1, 0.15) is 45.5 Å². The maximum absolute atomic E-state index is 2.52. The van der Waals surface area contributed by atoms with Crippen LogP contribution in [0.15, 0.2) is 35.9 Å². The van der Waals surface area contributed by atoms with Crippen molar-refractivity contribution in [2.24, 2.45) is 11.3 Å². The Morgan fingerprint density at radius 2 is 2.00 bits per heavy atom. The van der Waals surface area contributed by atoms with E-state index in [1.54, 1.807) is 5.57 Å². The van der Waals surface area contributed by atoms with Gasteiger partial charge in [-0.3, -0.25) is 0 Å². The van der Waals surface area contributed by atoms with Crippen molar-refractivity contribution in [1.29, 1.82) is 0 Å². The van der Waals surface area contributed by atoms with E-state index in [0.29, 0.717) is 11.3 Å². The Balaban J connectivity index is 0.00000176. The van der Waals surface area contributed by atoms with Gasteiger partial charge in [0.05, 0.1) is 0 Å². The number of aryl methyl sites for hydroxylation is 1. The van der Waals surface area contributed by atoms with Crippen LogP contribution in [0.5, 0.6) is 0 Å². The maximum Gasteiger partial charge on any atom is 0.238 e. The fraction of sp³-hybridized carbons (Fsp3) is 0.526. The predicted octanol–water partition coefficient (Wildman–Crippen LogP) is 2.14. The number of hydrogen-bond acceptors (Lipinski definition) is 1. The van der Waals surface area contributed by atoms with Crippen molar-refractivity contribution < 1.29 is 28.5 Å². The van der Waals surface area contributed by atoms with Crippen molar-refractivity contribution in [1.82, 2.24) is 0 Å². The van der Waals surface area contributed by atoms with E-state index in [2.05, 4.69) is 62.6 Å². The normalized spacial score (nSPS) is 20.5. The van der Waals surface area contributed by atoms with E-state index in [4.69, 9.17) is 0 Å². The molecule has 0 amide bonds. The average Bonchev–Trinajstić information content (AvgIpc) is 2.73. The van der Waals surface area contributed by atoms with Crippen molar-refractivity contribution in [3.8, 4) is 0 Å². The molecule has 3 rings (SSSR count). The molecule has 1 aliphatic rings. The van der Waals surface area contributed by atoms with E-state index in [1.165, 1.54) is 34.5 Å². The second kappa shape index (κ2) is 7.00. The lowest BCUT2D eigenvalue weighted by Gasteiger charge is -2.33. The third-order valence-electron chi connectivity index (χ3n) is 4.53. The average molecular weight is 427 g/mol. The molecule has 0 N–H and O–H groups in total. The molecule has 1 aromatic heterocycles. The first kappa shape index (κ1) is 17.9. The molecule has 1 atom stereocenters. The fourth-order valence-electron chi connectivity index (χ4n) is 3.99. The zero-order valence-electron chi connectivity index (χ0n) is 14.0. The minimum Gasteiger partial charge on any atom is -1.00 e. The van der Waals surface area contributed by atoms with Gasteiger partial charge in [0.25, 0.3) is 0 Å². The quantitative estimate of drug-likeness (QED) is 0.402. The summed E-state index contributed by atoms with van der Waals surface area (Å²) in [6.45, 7) is 10.4. The van der Waals surface area contributed by atoms with E-state index in [9.17, 15) is 0 Å². The predicted molar refractivity (Wildman–Crippen MR) is 91.7 cm³/mol. The fourth-order valence-corrected chi connectivity index (χ4v) is 5.31. The zero-order valence-corrected chi connectivity index (χ0v) is 17.0. The Morgan fingerprint density at radius 1 is 1.27 bits per heavy atom. The number of hydrogen-bond donors (Lipinski definition) is 0. The summed E-state index contributed by atoms with van der Waals surface area (Å²) in [4.78, 5) is 0. The summed E-state index contributed by atoms with van der Waals surface area (Å²) in [7, 11) is 0. The molecule has 0 radical (unpaired) electrons. The Kier molecular flexibility index (Phi) is 5.70. The third kappa shape index (κ3) is 3.73. The number of para-hydroxylation sites is 1. The summed E-state index contributed by atoms with van der Waals surface area (Å²) in [5.74, 6) is 0.694. The number of aromatic nitrogens is 1. The van der Waals surface area contributed by atoms with Crippen molar-refractivity contribution >= 4 is 21.6 Å². The zero-order chi connectivity index (χ0) is 15.0. The summed E-state index contributed by atoms with van der Waals surface area (Å²) < 4.78 is 3.93. The van der Waals surface area contributed by atoms with Gasteiger partial charge in [-0.25, -0.2) is 0 Å². The van der Waals surface area contributed by atoms with Crippen molar-refractivity contribution in [3.05, 3.63) is 40.9 Å². The molecule has 1 unspecified atom stereocenters. The first-order valence-corrected chi connectivity index (χ1v) is 8.88. The van der Waals surface area contributed by atoms with E-state index >= 15 is 0 Å². The monoisotopic (exact) mass is 427 g/mol. The molecule has 0 aliphatic heterocycles. The van der Waals surface area contributed by atoms with Gasteiger partial charge in [0.15, 0.2) is 0 Å². The van der Waals surface area contributed by atoms with Gasteiger partial charge < -0.3 is 24.0 Å². The number of rotatable bonds is 3. The van der Waals surface area contributed by atoms with E-state index in [1.807, 2.05) is 11.3 Å². The van der Waals surface area contributed by atoms with Crippen LogP contribution in [0.4, 0.5) is 0 Å². The highest BCUT2D eigenvalue weighted by Gasteiger charge is 2.30. The van der Waals surface area contributed by atoms with Gasteiger partial charge in [0.1, 0.15) is 11.2 Å². The van der Waals surface area contributed by atoms with Crippen LogP contribution in [0.2, 0.25) is 0 Å². The lowest BCUT2D eigenvalue weighted by atomic mass is 9.72. The smallest absolute Gasteiger partial charge is 0.238 e. The molecule has 0 fully saturated rings. The van der Waals surface area contributed by atoms with Crippen LogP contribution in [-0.2, 0) is 13.0 Å². The second-order valence-electron chi connectivity index (χ2n) is 7.23. The molecule has 22 heavy (non-hydrogen) atoms. The number of thiazole rings is 1. The summed E-state index contributed by atoms with van der Waals surface area (Å²) in [5.41, 5.74) is 3.42. The van der Waals surface area contributed by atoms with Crippen LogP contribution in [0, 0.1) is 11.3 Å². The molecule has 1 heterocycles. The standard InChI is InChI=1S/C19H26NS.HI/c1-5-20-16-8-6-7-9-17(16)21-18(20)11-15-10-14(2)12-19(3,4)13-15;/h6-10,15H,5,11-13H2,1-4H3;1H/q+1;/p-1. The van der Waals surface area contributed by atoms with Gasteiger partial charge >= 0.3 is 0 Å². The summed E-state index contributed by atoms with van der Waals surface area (Å²) >= 11 is 1.98. The van der Waals surface area contributed by atoms with E-state index < -0.39 is 0 Å². The maximum atomic E-state index is 2.52. The van der Waals surface area contributed by atoms with Gasteiger partial charge in [-0.15, -0.1) is 0 Å². The van der Waals surface area contributed by atoms with Crippen molar-refractivity contribution in [3.63, 3.8) is 0 Å². The minimum atomic E-state index is 0. The molecular weight excluding hydrogens is 401 g/mol. The SMILES string of the molecule is CC[n+]1c(CC2C=C(C)CC(C)(C)C2)sc2ccccc21.[I-]. The Labute approximate surface area is 155 Å². The van der Waals surface area contributed by atoms with E-state index in [0.717, 1.165) is 6.54 Å². The highest BCUT2D eigenvalue weighted by atomic mass is 127. The molecule has 3 heteroatoms. The third-order valence-corrected chi connectivity index (χ3v) is 5.72. The Morgan fingerprint density at radius 3 is 2.68 bits per heavy atom. The van der Waals surface area contributed by atoms with Crippen LogP contribution >= 0.6 is 11.3 Å². The van der Waals surface area contributed by atoms with Crippen LogP contribution in [-0.4, -0.2) is 0 Å². The molecule has 0 bridgehead atoms. The van der Waals surface area contributed by atoms with Crippen LogP contribution in [0.25, 0.3) is 10.2 Å². The second-order valence-corrected chi connectivity index (χ2v) is 8.35. The largest absolute Gasteiger partial charge is 1.00 e. The molecule has 1 aliphatic carbocycles.